The monoisotopic (exact) mass is 328 g/mol. The summed E-state index contributed by atoms with van der Waals surface area (Å²) in [5.74, 6) is 0.749. The van der Waals surface area contributed by atoms with E-state index in [1.54, 1.807) is 18.4 Å². The highest BCUT2D eigenvalue weighted by molar-refractivity contribution is 7.08. The molecule has 0 aliphatic heterocycles. The first-order valence-electron chi connectivity index (χ1n) is 7.44. The zero-order chi connectivity index (χ0) is 16.4. The van der Waals surface area contributed by atoms with E-state index in [2.05, 4.69) is 10.3 Å². The smallest absolute Gasteiger partial charge is 0.145 e. The van der Waals surface area contributed by atoms with Crippen LogP contribution >= 0.6 is 11.3 Å². The second-order valence-electron chi connectivity index (χ2n) is 5.81. The lowest BCUT2D eigenvalue weighted by Crippen LogP contribution is -2.30. The quantitative estimate of drug-likeness (QED) is 0.745. The Bertz CT molecular complexity index is 813. The van der Waals surface area contributed by atoms with E-state index in [4.69, 9.17) is 4.74 Å². The van der Waals surface area contributed by atoms with E-state index < -0.39 is 5.60 Å². The van der Waals surface area contributed by atoms with Gasteiger partial charge in [0.15, 0.2) is 0 Å². The molecule has 0 spiro atoms. The van der Waals surface area contributed by atoms with E-state index in [9.17, 15) is 5.11 Å². The zero-order valence-electron chi connectivity index (χ0n) is 13.5. The van der Waals surface area contributed by atoms with Crippen LogP contribution in [0, 0.1) is 6.92 Å². The second-order valence-corrected chi connectivity index (χ2v) is 6.59. The molecule has 0 amide bonds. The third kappa shape index (κ3) is 3.16. The summed E-state index contributed by atoms with van der Waals surface area (Å²) < 4.78 is 5.40. The third-order valence-electron chi connectivity index (χ3n) is 3.92. The van der Waals surface area contributed by atoms with Gasteiger partial charge in [0.25, 0.3) is 0 Å². The van der Waals surface area contributed by atoms with Crippen molar-refractivity contribution in [1.82, 2.24) is 4.98 Å². The molecule has 5 heteroatoms. The van der Waals surface area contributed by atoms with Gasteiger partial charge < -0.3 is 15.2 Å². The molecule has 0 saturated carbocycles. The fourth-order valence-corrected chi connectivity index (χ4v) is 3.38. The van der Waals surface area contributed by atoms with E-state index in [0.29, 0.717) is 6.54 Å². The summed E-state index contributed by atoms with van der Waals surface area (Å²) in [4.78, 5) is 4.58. The highest BCUT2D eigenvalue weighted by Crippen LogP contribution is 2.31. The summed E-state index contributed by atoms with van der Waals surface area (Å²) in [5.41, 5.74) is 2.67. The Morgan fingerprint density at radius 3 is 2.87 bits per heavy atom. The molecule has 0 saturated heterocycles. The van der Waals surface area contributed by atoms with Gasteiger partial charge in [0, 0.05) is 23.3 Å². The predicted octanol–water partition coefficient (Wildman–Crippen LogP) is 3.93. The van der Waals surface area contributed by atoms with Gasteiger partial charge >= 0.3 is 0 Å². The molecule has 2 heterocycles. The summed E-state index contributed by atoms with van der Waals surface area (Å²) in [6.07, 6.45) is 0. The van der Waals surface area contributed by atoms with Crippen LogP contribution in [0.5, 0.6) is 5.75 Å². The van der Waals surface area contributed by atoms with Crippen molar-refractivity contribution in [2.45, 2.75) is 19.4 Å². The van der Waals surface area contributed by atoms with E-state index in [-0.39, 0.29) is 0 Å². The minimum Gasteiger partial charge on any atom is -0.494 e. The summed E-state index contributed by atoms with van der Waals surface area (Å²) in [6.45, 7) is 4.19. The molecular formula is C18H20N2O2S. The van der Waals surface area contributed by atoms with Gasteiger partial charge in [-0.25, -0.2) is 4.98 Å². The Hall–Kier alpha value is -2.11. The summed E-state index contributed by atoms with van der Waals surface area (Å²) >= 11 is 1.58. The Labute approximate surface area is 139 Å². The number of thiophene rings is 1. The third-order valence-corrected chi connectivity index (χ3v) is 4.60. The number of hydrogen-bond acceptors (Lipinski definition) is 5. The van der Waals surface area contributed by atoms with Gasteiger partial charge in [-0.3, -0.25) is 0 Å². The number of aliphatic hydroxyl groups is 1. The van der Waals surface area contributed by atoms with E-state index in [1.807, 2.05) is 54.9 Å². The largest absolute Gasteiger partial charge is 0.494 e. The lowest BCUT2D eigenvalue weighted by Gasteiger charge is -2.24. The number of anilines is 1. The van der Waals surface area contributed by atoms with Crippen molar-refractivity contribution >= 4 is 27.9 Å². The Morgan fingerprint density at radius 1 is 1.35 bits per heavy atom. The van der Waals surface area contributed by atoms with Crippen LogP contribution in [0.1, 0.15) is 18.2 Å². The van der Waals surface area contributed by atoms with Gasteiger partial charge in [-0.15, -0.1) is 0 Å². The minimum atomic E-state index is -0.928. The SMILES string of the molecule is COc1cccc2c(NCC(C)(O)c3ccsc3)cc(C)nc12. The number of methoxy groups -OCH3 is 1. The van der Waals surface area contributed by atoms with Crippen molar-refractivity contribution < 1.29 is 9.84 Å². The fourth-order valence-electron chi connectivity index (χ4n) is 2.60. The lowest BCUT2D eigenvalue weighted by atomic mass is 9.99. The summed E-state index contributed by atoms with van der Waals surface area (Å²) in [6, 6.07) is 9.79. The maximum Gasteiger partial charge on any atom is 0.145 e. The average molecular weight is 328 g/mol. The number of benzene rings is 1. The zero-order valence-corrected chi connectivity index (χ0v) is 14.3. The topological polar surface area (TPSA) is 54.4 Å². The first-order valence-corrected chi connectivity index (χ1v) is 8.39. The number of para-hydroxylation sites is 1. The van der Waals surface area contributed by atoms with Gasteiger partial charge in [0.05, 0.1) is 7.11 Å². The van der Waals surface area contributed by atoms with Gasteiger partial charge in [-0.05, 0) is 48.4 Å². The first-order chi connectivity index (χ1) is 11.0. The van der Waals surface area contributed by atoms with E-state index >= 15 is 0 Å². The van der Waals surface area contributed by atoms with Crippen LogP contribution in [-0.2, 0) is 5.60 Å². The van der Waals surface area contributed by atoms with Crippen LogP contribution in [0.2, 0.25) is 0 Å². The number of aryl methyl sites for hydroxylation is 1. The molecule has 1 atom stereocenters. The molecule has 1 aromatic carbocycles. The van der Waals surface area contributed by atoms with Crippen LogP contribution < -0.4 is 10.1 Å². The number of nitrogens with zero attached hydrogens (tertiary/aromatic N) is 1. The number of aromatic nitrogens is 1. The second kappa shape index (κ2) is 6.18. The summed E-state index contributed by atoms with van der Waals surface area (Å²) in [7, 11) is 1.65. The van der Waals surface area contributed by atoms with Crippen LogP contribution in [-0.4, -0.2) is 23.7 Å². The Morgan fingerprint density at radius 2 is 2.17 bits per heavy atom. The number of nitrogens with one attached hydrogen (secondary N) is 1. The van der Waals surface area contributed by atoms with Crippen LogP contribution in [0.3, 0.4) is 0 Å². The van der Waals surface area contributed by atoms with Crippen molar-refractivity contribution in [3.63, 3.8) is 0 Å². The van der Waals surface area contributed by atoms with E-state index in [0.717, 1.165) is 33.6 Å². The highest BCUT2D eigenvalue weighted by Gasteiger charge is 2.23. The summed E-state index contributed by atoms with van der Waals surface area (Å²) in [5, 5.41) is 19.0. The number of hydrogen-bond donors (Lipinski definition) is 2. The molecule has 3 aromatic rings. The number of fused-ring (bicyclic) bond motifs is 1. The fraction of sp³-hybridized carbons (Fsp3) is 0.278. The molecule has 23 heavy (non-hydrogen) atoms. The molecule has 0 aliphatic carbocycles. The van der Waals surface area contributed by atoms with Crippen LogP contribution in [0.15, 0.2) is 41.1 Å². The van der Waals surface area contributed by atoms with Crippen molar-refractivity contribution in [1.29, 1.82) is 0 Å². The maximum absolute atomic E-state index is 10.7. The average Bonchev–Trinajstić information content (AvgIpc) is 3.07. The maximum atomic E-state index is 10.7. The molecular weight excluding hydrogens is 308 g/mol. The molecule has 3 rings (SSSR count). The number of rotatable bonds is 5. The van der Waals surface area contributed by atoms with Gasteiger partial charge in [-0.2, -0.15) is 11.3 Å². The van der Waals surface area contributed by atoms with Crippen LogP contribution in [0.4, 0.5) is 5.69 Å². The van der Waals surface area contributed by atoms with Gasteiger partial charge in [0.2, 0.25) is 0 Å². The Kier molecular flexibility index (Phi) is 4.24. The standard InChI is InChI=1S/C18H20N2O2S/c1-12-9-15(14-5-4-6-16(22-3)17(14)20-12)19-11-18(2,21)13-7-8-23-10-13/h4-10,21H,11H2,1-3H3,(H,19,20). The van der Waals surface area contributed by atoms with Crippen molar-refractivity contribution in [2.75, 3.05) is 19.0 Å². The molecule has 0 radical (unpaired) electrons. The van der Waals surface area contributed by atoms with Gasteiger partial charge in [-0.1, -0.05) is 12.1 Å². The predicted molar refractivity (Wildman–Crippen MR) is 95.4 cm³/mol. The minimum absolute atomic E-state index is 0.416. The molecule has 0 fully saturated rings. The molecule has 0 bridgehead atoms. The Balaban J connectivity index is 1.94. The molecule has 2 aromatic heterocycles. The molecule has 0 aliphatic rings. The normalized spacial score (nSPS) is 13.7. The lowest BCUT2D eigenvalue weighted by molar-refractivity contribution is 0.0720. The van der Waals surface area contributed by atoms with E-state index in [1.165, 1.54) is 0 Å². The number of pyridine rings is 1. The van der Waals surface area contributed by atoms with Crippen molar-refractivity contribution in [2.24, 2.45) is 0 Å². The number of ether oxygens (including phenoxy) is 1. The molecule has 2 N–H and O–H groups in total. The molecule has 1 unspecified atom stereocenters. The highest BCUT2D eigenvalue weighted by atomic mass is 32.1. The van der Waals surface area contributed by atoms with Crippen molar-refractivity contribution in [3.8, 4) is 5.75 Å². The molecule has 4 nitrogen and oxygen atoms in total. The van der Waals surface area contributed by atoms with Crippen molar-refractivity contribution in [3.05, 3.63) is 52.3 Å². The van der Waals surface area contributed by atoms with Gasteiger partial charge in [0.1, 0.15) is 16.9 Å². The molecule has 120 valence electrons. The van der Waals surface area contributed by atoms with Crippen LogP contribution in [0.25, 0.3) is 10.9 Å². The first kappa shape index (κ1) is 15.8.